The standard InChI is InChI=1S/C8H17IN2/c9-10-5-1-2-6-11-7-3-4-8-11/h10H,1-8H2. The van der Waals surface area contributed by atoms with Crippen LogP contribution >= 0.6 is 22.9 Å². The molecule has 2 nitrogen and oxygen atoms in total. The van der Waals surface area contributed by atoms with E-state index in [1.165, 1.54) is 45.3 Å². The van der Waals surface area contributed by atoms with Gasteiger partial charge in [-0.3, -0.25) is 3.53 Å². The van der Waals surface area contributed by atoms with Gasteiger partial charge in [-0.05, 0) is 45.3 Å². The number of unbranched alkanes of at least 4 members (excludes halogenated alkanes) is 1. The zero-order valence-electron chi connectivity index (χ0n) is 6.98. The Morgan fingerprint density at radius 3 is 2.55 bits per heavy atom. The lowest BCUT2D eigenvalue weighted by Crippen LogP contribution is -2.20. The summed E-state index contributed by atoms with van der Waals surface area (Å²) in [7, 11) is 0. The molecular weight excluding hydrogens is 251 g/mol. The minimum absolute atomic E-state index is 1.16. The van der Waals surface area contributed by atoms with Crippen molar-refractivity contribution in [3.63, 3.8) is 0 Å². The van der Waals surface area contributed by atoms with Crippen LogP contribution in [0.4, 0.5) is 0 Å². The fraction of sp³-hybridized carbons (Fsp3) is 1.00. The van der Waals surface area contributed by atoms with Gasteiger partial charge in [0.05, 0.1) is 0 Å². The van der Waals surface area contributed by atoms with Crippen LogP contribution in [0.3, 0.4) is 0 Å². The van der Waals surface area contributed by atoms with Crippen LogP contribution in [0.25, 0.3) is 0 Å². The molecule has 1 rings (SSSR count). The fourth-order valence-electron chi connectivity index (χ4n) is 1.53. The number of nitrogens with zero attached hydrogens (tertiary/aromatic N) is 1. The monoisotopic (exact) mass is 268 g/mol. The first-order valence-electron chi connectivity index (χ1n) is 4.49. The second-order valence-corrected chi connectivity index (χ2v) is 3.90. The number of rotatable bonds is 5. The number of hydrogen-bond donors (Lipinski definition) is 1. The van der Waals surface area contributed by atoms with E-state index in [1.54, 1.807) is 0 Å². The molecule has 0 amide bonds. The van der Waals surface area contributed by atoms with Gasteiger partial charge in [-0.1, -0.05) is 0 Å². The van der Waals surface area contributed by atoms with Crippen LogP contribution < -0.4 is 3.53 Å². The third kappa shape index (κ3) is 4.28. The number of nitrogens with one attached hydrogen (secondary N) is 1. The second kappa shape index (κ2) is 6.20. The SMILES string of the molecule is INCCCCN1CCCC1. The van der Waals surface area contributed by atoms with Gasteiger partial charge >= 0.3 is 0 Å². The molecule has 1 saturated heterocycles. The molecule has 3 heteroatoms. The highest BCUT2D eigenvalue weighted by Crippen LogP contribution is 2.07. The van der Waals surface area contributed by atoms with E-state index in [-0.39, 0.29) is 0 Å². The van der Waals surface area contributed by atoms with Crippen LogP contribution in [0.15, 0.2) is 0 Å². The Kier molecular flexibility index (Phi) is 5.49. The fourth-order valence-corrected chi connectivity index (χ4v) is 1.91. The van der Waals surface area contributed by atoms with Crippen LogP contribution in [0.2, 0.25) is 0 Å². The summed E-state index contributed by atoms with van der Waals surface area (Å²) in [6.45, 7) is 5.17. The number of halogens is 1. The molecule has 1 N–H and O–H groups in total. The first kappa shape index (κ1) is 9.74. The van der Waals surface area contributed by atoms with E-state index in [2.05, 4.69) is 31.3 Å². The molecule has 0 atom stereocenters. The van der Waals surface area contributed by atoms with E-state index >= 15 is 0 Å². The summed E-state index contributed by atoms with van der Waals surface area (Å²) in [5, 5.41) is 0. The third-order valence-electron chi connectivity index (χ3n) is 2.19. The quantitative estimate of drug-likeness (QED) is 0.464. The normalized spacial score (nSPS) is 19.4. The Morgan fingerprint density at radius 2 is 1.91 bits per heavy atom. The summed E-state index contributed by atoms with van der Waals surface area (Å²) in [4.78, 5) is 2.58. The van der Waals surface area contributed by atoms with Gasteiger partial charge in [-0.2, -0.15) is 0 Å². The minimum Gasteiger partial charge on any atom is -0.303 e. The molecule has 0 aliphatic carbocycles. The highest BCUT2D eigenvalue weighted by atomic mass is 127. The van der Waals surface area contributed by atoms with E-state index in [0.717, 1.165) is 6.54 Å². The smallest absolute Gasteiger partial charge is 0.0169 e. The highest BCUT2D eigenvalue weighted by molar-refractivity contribution is 14.1. The Labute approximate surface area is 83.2 Å². The van der Waals surface area contributed by atoms with Crippen molar-refractivity contribution in [1.29, 1.82) is 0 Å². The third-order valence-corrected chi connectivity index (χ3v) is 2.73. The average molecular weight is 268 g/mol. The summed E-state index contributed by atoms with van der Waals surface area (Å²) < 4.78 is 3.14. The Morgan fingerprint density at radius 1 is 1.18 bits per heavy atom. The van der Waals surface area contributed by atoms with Gasteiger partial charge in [-0.15, -0.1) is 0 Å². The van der Waals surface area contributed by atoms with Crippen molar-refractivity contribution in [1.82, 2.24) is 8.43 Å². The van der Waals surface area contributed by atoms with Crippen molar-refractivity contribution in [2.24, 2.45) is 0 Å². The maximum atomic E-state index is 3.14. The van der Waals surface area contributed by atoms with Crippen LogP contribution in [0.1, 0.15) is 25.7 Å². The summed E-state index contributed by atoms with van der Waals surface area (Å²) >= 11 is 2.21. The van der Waals surface area contributed by atoms with Crippen molar-refractivity contribution in [2.45, 2.75) is 25.7 Å². The molecule has 66 valence electrons. The summed E-state index contributed by atoms with van der Waals surface area (Å²) in [6, 6.07) is 0. The summed E-state index contributed by atoms with van der Waals surface area (Å²) in [6.07, 6.45) is 5.52. The minimum atomic E-state index is 1.16. The Hall–Kier alpha value is 0.650. The van der Waals surface area contributed by atoms with Crippen molar-refractivity contribution >= 4 is 22.9 Å². The molecular formula is C8H17IN2. The van der Waals surface area contributed by atoms with Crippen LogP contribution in [-0.2, 0) is 0 Å². The van der Waals surface area contributed by atoms with Gasteiger partial charge in [0.2, 0.25) is 0 Å². The molecule has 0 saturated carbocycles. The molecule has 0 spiro atoms. The van der Waals surface area contributed by atoms with Crippen molar-refractivity contribution in [3.05, 3.63) is 0 Å². The molecule has 0 aromatic rings. The second-order valence-electron chi connectivity index (χ2n) is 3.14. The summed E-state index contributed by atoms with van der Waals surface area (Å²) in [5.41, 5.74) is 0. The lowest BCUT2D eigenvalue weighted by atomic mass is 10.3. The molecule has 0 aromatic carbocycles. The molecule has 0 radical (unpaired) electrons. The van der Waals surface area contributed by atoms with Gasteiger partial charge in [0.15, 0.2) is 0 Å². The van der Waals surface area contributed by atoms with E-state index in [0.29, 0.717) is 0 Å². The average Bonchev–Trinajstić information content (AvgIpc) is 2.50. The van der Waals surface area contributed by atoms with Crippen LogP contribution in [0.5, 0.6) is 0 Å². The molecule has 1 aliphatic heterocycles. The lowest BCUT2D eigenvalue weighted by Gasteiger charge is -2.13. The molecule has 1 aliphatic rings. The van der Waals surface area contributed by atoms with E-state index in [9.17, 15) is 0 Å². The molecule has 0 unspecified atom stereocenters. The van der Waals surface area contributed by atoms with E-state index in [1.807, 2.05) is 0 Å². The molecule has 11 heavy (non-hydrogen) atoms. The first-order chi connectivity index (χ1) is 5.43. The van der Waals surface area contributed by atoms with Gasteiger partial charge < -0.3 is 4.90 Å². The van der Waals surface area contributed by atoms with Gasteiger partial charge in [0.1, 0.15) is 0 Å². The molecule has 0 bridgehead atoms. The zero-order chi connectivity index (χ0) is 7.94. The van der Waals surface area contributed by atoms with Crippen LogP contribution in [0, 0.1) is 0 Å². The Bertz CT molecular complexity index is 92.1. The van der Waals surface area contributed by atoms with E-state index < -0.39 is 0 Å². The van der Waals surface area contributed by atoms with Crippen molar-refractivity contribution in [2.75, 3.05) is 26.2 Å². The predicted molar refractivity (Wildman–Crippen MR) is 56.9 cm³/mol. The largest absolute Gasteiger partial charge is 0.303 e. The highest BCUT2D eigenvalue weighted by Gasteiger charge is 2.09. The molecule has 0 aromatic heterocycles. The number of likely N-dealkylation sites (tertiary alicyclic amines) is 1. The van der Waals surface area contributed by atoms with Gasteiger partial charge in [0.25, 0.3) is 0 Å². The number of hydrogen-bond acceptors (Lipinski definition) is 2. The lowest BCUT2D eigenvalue weighted by molar-refractivity contribution is 0.331. The Balaban J connectivity index is 1.86. The summed E-state index contributed by atoms with van der Waals surface area (Å²) in [5.74, 6) is 0. The maximum absolute atomic E-state index is 3.14. The molecule has 1 fully saturated rings. The first-order valence-corrected chi connectivity index (χ1v) is 5.57. The van der Waals surface area contributed by atoms with E-state index in [4.69, 9.17) is 0 Å². The van der Waals surface area contributed by atoms with Crippen molar-refractivity contribution in [3.8, 4) is 0 Å². The maximum Gasteiger partial charge on any atom is 0.0169 e. The van der Waals surface area contributed by atoms with Crippen molar-refractivity contribution < 1.29 is 0 Å². The predicted octanol–water partition coefficient (Wildman–Crippen LogP) is 1.80. The zero-order valence-corrected chi connectivity index (χ0v) is 9.14. The van der Waals surface area contributed by atoms with Crippen LogP contribution in [-0.4, -0.2) is 31.1 Å². The van der Waals surface area contributed by atoms with Gasteiger partial charge in [0, 0.05) is 29.4 Å². The van der Waals surface area contributed by atoms with Gasteiger partial charge in [-0.25, -0.2) is 0 Å². The molecule has 1 heterocycles. The topological polar surface area (TPSA) is 15.3 Å².